The van der Waals surface area contributed by atoms with Gasteiger partial charge in [0.05, 0.1) is 17.6 Å². The van der Waals surface area contributed by atoms with Crippen LogP contribution >= 0.6 is 22.9 Å². The minimum atomic E-state index is -0.376. The van der Waals surface area contributed by atoms with Gasteiger partial charge in [-0.2, -0.15) is 9.78 Å². The molecule has 2 aromatic carbocycles. The number of rotatable bonds is 5. The van der Waals surface area contributed by atoms with Gasteiger partial charge >= 0.3 is 0 Å². The molecule has 0 fully saturated rings. The molecule has 0 aliphatic carbocycles. The second-order valence-electron chi connectivity index (χ2n) is 5.78. The van der Waals surface area contributed by atoms with E-state index in [0.717, 1.165) is 10.6 Å². The molecule has 5 nitrogen and oxygen atoms in total. The minimum absolute atomic E-state index is 0.0892. The van der Waals surface area contributed by atoms with Gasteiger partial charge in [0.15, 0.2) is 0 Å². The molecule has 2 heterocycles. The topological polar surface area (TPSA) is 59.8 Å². The fourth-order valence-electron chi connectivity index (χ4n) is 2.75. The molecular formula is C20H15ClN4OS. The number of para-hydroxylation sites is 1. The van der Waals surface area contributed by atoms with Gasteiger partial charge in [0.2, 0.25) is 0 Å². The van der Waals surface area contributed by atoms with Crippen LogP contribution in [0, 0.1) is 0 Å². The van der Waals surface area contributed by atoms with E-state index in [1.54, 1.807) is 24.5 Å². The van der Waals surface area contributed by atoms with Crippen LogP contribution in [0.1, 0.15) is 16.6 Å². The highest BCUT2D eigenvalue weighted by Crippen LogP contribution is 2.29. The monoisotopic (exact) mass is 394 g/mol. The zero-order chi connectivity index (χ0) is 18.6. The van der Waals surface area contributed by atoms with E-state index in [2.05, 4.69) is 15.4 Å². The van der Waals surface area contributed by atoms with Crippen LogP contribution in [0.3, 0.4) is 0 Å². The summed E-state index contributed by atoms with van der Waals surface area (Å²) < 4.78 is 1.29. The molecular weight excluding hydrogens is 380 g/mol. The zero-order valence-corrected chi connectivity index (χ0v) is 15.7. The van der Waals surface area contributed by atoms with Crippen molar-refractivity contribution >= 4 is 28.6 Å². The maximum atomic E-state index is 12.7. The average Bonchev–Trinajstić information content (AvgIpc) is 3.25. The van der Waals surface area contributed by atoms with Crippen molar-refractivity contribution < 1.29 is 0 Å². The molecule has 1 N–H and O–H groups in total. The molecule has 27 heavy (non-hydrogen) atoms. The molecule has 7 heteroatoms. The normalized spacial score (nSPS) is 11.9. The Kier molecular flexibility index (Phi) is 5.00. The largest absolute Gasteiger partial charge is 0.369 e. The number of anilines is 1. The van der Waals surface area contributed by atoms with E-state index in [0.29, 0.717) is 11.4 Å². The van der Waals surface area contributed by atoms with Gasteiger partial charge in [-0.25, -0.2) is 4.98 Å². The van der Waals surface area contributed by atoms with Crippen molar-refractivity contribution in [2.75, 3.05) is 5.32 Å². The standard InChI is InChI=1S/C20H15ClN4OS/c21-17-16(13-23-25(20(17)26)15-9-5-2-6-10-15)24-18(19-22-11-12-27-19)14-7-3-1-4-8-14/h1-13,18,24H. The van der Waals surface area contributed by atoms with E-state index in [4.69, 9.17) is 11.6 Å². The Morgan fingerprint density at radius 2 is 1.74 bits per heavy atom. The quantitative estimate of drug-likeness (QED) is 0.539. The number of hydrogen-bond donors (Lipinski definition) is 1. The van der Waals surface area contributed by atoms with Gasteiger partial charge in [-0.1, -0.05) is 60.1 Å². The van der Waals surface area contributed by atoms with Crippen molar-refractivity contribution in [1.29, 1.82) is 0 Å². The van der Waals surface area contributed by atoms with Gasteiger partial charge in [0.25, 0.3) is 5.56 Å². The van der Waals surface area contributed by atoms with Crippen molar-refractivity contribution in [1.82, 2.24) is 14.8 Å². The Morgan fingerprint density at radius 3 is 2.41 bits per heavy atom. The predicted molar refractivity (Wildman–Crippen MR) is 109 cm³/mol. The molecule has 0 aliphatic heterocycles. The first-order valence-corrected chi connectivity index (χ1v) is 9.54. The smallest absolute Gasteiger partial charge is 0.292 e. The van der Waals surface area contributed by atoms with E-state index in [1.807, 2.05) is 53.9 Å². The van der Waals surface area contributed by atoms with E-state index in [1.165, 1.54) is 16.0 Å². The van der Waals surface area contributed by atoms with Gasteiger partial charge in [0, 0.05) is 11.6 Å². The first-order valence-electron chi connectivity index (χ1n) is 8.28. The molecule has 1 atom stereocenters. The summed E-state index contributed by atoms with van der Waals surface area (Å²) in [4.78, 5) is 17.1. The summed E-state index contributed by atoms with van der Waals surface area (Å²) in [5.41, 5.74) is 1.78. The number of hydrogen-bond acceptors (Lipinski definition) is 5. The van der Waals surface area contributed by atoms with Crippen LogP contribution in [0.5, 0.6) is 0 Å². The Labute approximate surface area is 164 Å². The molecule has 0 bridgehead atoms. The molecule has 4 rings (SSSR count). The first-order chi connectivity index (χ1) is 13.2. The molecule has 1 unspecified atom stereocenters. The van der Waals surface area contributed by atoms with Gasteiger partial charge in [-0.05, 0) is 17.7 Å². The lowest BCUT2D eigenvalue weighted by Crippen LogP contribution is -2.23. The summed E-state index contributed by atoms with van der Waals surface area (Å²) in [6.45, 7) is 0. The Hall–Kier alpha value is -2.96. The van der Waals surface area contributed by atoms with Crippen LogP contribution in [0.25, 0.3) is 5.69 Å². The lowest BCUT2D eigenvalue weighted by atomic mass is 10.1. The summed E-state index contributed by atoms with van der Waals surface area (Å²) >= 11 is 7.92. The summed E-state index contributed by atoms with van der Waals surface area (Å²) in [7, 11) is 0. The summed E-state index contributed by atoms with van der Waals surface area (Å²) in [6.07, 6.45) is 3.32. The van der Waals surface area contributed by atoms with Gasteiger partial charge in [-0.3, -0.25) is 4.79 Å². The molecule has 0 spiro atoms. The third kappa shape index (κ3) is 3.63. The van der Waals surface area contributed by atoms with Crippen molar-refractivity contribution in [2.45, 2.75) is 6.04 Å². The Balaban J connectivity index is 1.73. The maximum absolute atomic E-state index is 12.7. The number of halogens is 1. The highest BCUT2D eigenvalue weighted by atomic mass is 35.5. The molecule has 0 radical (unpaired) electrons. The van der Waals surface area contributed by atoms with Crippen molar-refractivity contribution in [3.8, 4) is 5.69 Å². The fourth-order valence-corrected chi connectivity index (χ4v) is 3.65. The number of nitrogens with one attached hydrogen (secondary N) is 1. The lowest BCUT2D eigenvalue weighted by molar-refractivity contribution is 0.803. The van der Waals surface area contributed by atoms with Crippen molar-refractivity contribution in [3.63, 3.8) is 0 Å². The highest BCUT2D eigenvalue weighted by molar-refractivity contribution is 7.09. The Morgan fingerprint density at radius 1 is 1.04 bits per heavy atom. The molecule has 0 aliphatic rings. The SMILES string of the molecule is O=c1c(Cl)c(NC(c2ccccc2)c2nccs2)cnn1-c1ccccc1. The zero-order valence-electron chi connectivity index (χ0n) is 14.1. The molecule has 2 aromatic heterocycles. The van der Waals surface area contributed by atoms with Crippen LogP contribution in [-0.4, -0.2) is 14.8 Å². The second-order valence-corrected chi connectivity index (χ2v) is 7.09. The maximum Gasteiger partial charge on any atom is 0.292 e. The first kappa shape index (κ1) is 17.5. The third-order valence-corrected chi connectivity index (χ3v) is 5.26. The molecule has 4 aromatic rings. The molecule has 0 saturated heterocycles. The number of nitrogens with zero attached hydrogens (tertiary/aromatic N) is 3. The van der Waals surface area contributed by atoms with Crippen LogP contribution in [0.2, 0.25) is 5.02 Å². The third-order valence-electron chi connectivity index (χ3n) is 4.05. The van der Waals surface area contributed by atoms with Gasteiger partial charge < -0.3 is 5.32 Å². The van der Waals surface area contributed by atoms with Crippen LogP contribution in [0.4, 0.5) is 5.69 Å². The van der Waals surface area contributed by atoms with Gasteiger partial charge in [-0.15, -0.1) is 11.3 Å². The second kappa shape index (κ2) is 7.73. The molecule has 134 valence electrons. The van der Waals surface area contributed by atoms with E-state index in [9.17, 15) is 4.79 Å². The Bertz CT molecular complexity index is 1080. The summed E-state index contributed by atoms with van der Waals surface area (Å²) in [6, 6.07) is 18.8. The summed E-state index contributed by atoms with van der Waals surface area (Å²) in [5, 5.41) is 10.5. The van der Waals surface area contributed by atoms with Gasteiger partial charge in [0.1, 0.15) is 16.1 Å². The number of thiazole rings is 1. The van der Waals surface area contributed by atoms with Crippen LogP contribution < -0.4 is 10.9 Å². The van der Waals surface area contributed by atoms with E-state index >= 15 is 0 Å². The summed E-state index contributed by atoms with van der Waals surface area (Å²) in [5.74, 6) is 0. The lowest BCUT2D eigenvalue weighted by Gasteiger charge is -2.19. The highest BCUT2D eigenvalue weighted by Gasteiger charge is 2.19. The number of aromatic nitrogens is 3. The van der Waals surface area contributed by atoms with Crippen molar-refractivity contribution in [3.05, 3.63) is 104 Å². The minimum Gasteiger partial charge on any atom is -0.369 e. The van der Waals surface area contributed by atoms with Crippen LogP contribution in [0.15, 0.2) is 83.2 Å². The predicted octanol–water partition coefficient (Wildman–Crippen LogP) is 4.54. The van der Waals surface area contributed by atoms with Crippen molar-refractivity contribution in [2.24, 2.45) is 0 Å². The molecule has 0 amide bonds. The van der Waals surface area contributed by atoms with E-state index in [-0.39, 0.29) is 16.6 Å². The van der Waals surface area contributed by atoms with E-state index < -0.39 is 0 Å². The fraction of sp³-hybridized carbons (Fsp3) is 0.0500. The number of benzene rings is 2. The molecule has 0 saturated carbocycles. The average molecular weight is 395 g/mol. The van der Waals surface area contributed by atoms with Crippen LogP contribution in [-0.2, 0) is 0 Å².